The minimum Gasteiger partial charge on any atom is -0.469 e. The monoisotopic (exact) mass is 185 g/mol. The summed E-state index contributed by atoms with van der Waals surface area (Å²) in [6, 6.07) is -0.503. The maximum atomic E-state index is 11.1. The van der Waals surface area contributed by atoms with Crippen LogP contribution in [0.1, 0.15) is 19.3 Å². The van der Waals surface area contributed by atoms with Gasteiger partial charge in [0, 0.05) is 11.3 Å². The van der Waals surface area contributed by atoms with Crippen LogP contribution in [0.5, 0.6) is 0 Å². The fourth-order valence-electron chi connectivity index (χ4n) is 2.39. The van der Waals surface area contributed by atoms with Crippen molar-refractivity contribution in [2.45, 2.75) is 25.3 Å². The van der Waals surface area contributed by atoms with Gasteiger partial charge in [0.1, 0.15) is 0 Å². The zero-order chi connectivity index (χ0) is 9.64. The number of rotatable bonds is 2. The Hall–Kier alpha value is -1.13. The molecule has 5 heteroatoms. The van der Waals surface area contributed by atoms with E-state index in [9.17, 15) is 14.9 Å². The molecular formula is C8H11NO4. The Morgan fingerprint density at radius 2 is 2.38 bits per heavy atom. The van der Waals surface area contributed by atoms with Crippen LogP contribution < -0.4 is 0 Å². The Kier molecular flexibility index (Phi) is 1.58. The predicted molar refractivity (Wildman–Crippen MR) is 42.6 cm³/mol. The van der Waals surface area contributed by atoms with Gasteiger partial charge in [-0.3, -0.25) is 14.9 Å². The third-order valence-electron chi connectivity index (χ3n) is 3.41. The minimum absolute atomic E-state index is 0.207. The van der Waals surface area contributed by atoms with Crippen LogP contribution in [0.3, 0.4) is 0 Å². The van der Waals surface area contributed by atoms with Crippen molar-refractivity contribution in [1.82, 2.24) is 0 Å². The van der Waals surface area contributed by atoms with Gasteiger partial charge in [-0.2, -0.15) is 0 Å². The fourth-order valence-corrected chi connectivity index (χ4v) is 2.39. The molecule has 3 unspecified atom stereocenters. The number of nitrogens with zero attached hydrogens (tertiary/aromatic N) is 1. The summed E-state index contributed by atoms with van der Waals surface area (Å²) in [6.45, 7) is 0. The molecule has 0 aromatic heterocycles. The SMILES string of the molecule is COC(=O)C1CC12CCC2[N+](=O)[O-]. The molecule has 0 N–H and O–H groups in total. The molecular weight excluding hydrogens is 174 g/mol. The quantitative estimate of drug-likeness (QED) is 0.359. The summed E-state index contributed by atoms with van der Waals surface area (Å²) in [5.41, 5.74) is -0.323. The molecule has 2 rings (SSSR count). The third-order valence-corrected chi connectivity index (χ3v) is 3.41. The molecule has 2 aliphatic rings. The molecule has 0 bridgehead atoms. The van der Waals surface area contributed by atoms with Crippen molar-refractivity contribution in [3.63, 3.8) is 0 Å². The zero-order valence-electron chi connectivity index (χ0n) is 7.36. The van der Waals surface area contributed by atoms with Crippen LogP contribution in [-0.2, 0) is 9.53 Å². The van der Waals surface area contributed by atoms with Gasteiger partial charge in [-0.15, -0.1) is 0 Å². The van der Waals surface area contributed by atoms with Crippen LogP contribution in [0.2, 0.25) is 0 Å². The number of nitro groups is 1. The second-order valence-corrected chi connectivity index (χ2v) is 3.85. The maximum absolute atomic E-state index is 11.1. The van der Waals surface area contributed by atoms with E-state index in [4.69, 9.17) is 0 Å². The Balaban J connectivity index is 2.03. The number of hydrogen-bond acceptors (Lipinski definition) is 4. The van der Waals surface area contributed by atoms with Gasteiger partial charge in [0.05, 0.1) is 18.4 Å². The van der Waals surface area contributed by atoms with E-state index in [2.05, 4.69) is 4.74 Å². The number of methoxy groups -OCH3 is 1. The van der Waals surface area contributed by atoms with E-state index < -0.39 is 6.04 Å². The highest BCUT2D eigenvalue weighted by Gasteiger charge is 2.73. The summed E-state index contributed by atoms with van der Waals surface area (Å²) >= 11 is 0. The second kappa shape index (κ2) is 2.43. The van der Waals surface area contributed by atoms with Gasteiger partial charge < -0.3 is 4.74 Å². The standard InChI is InChI=1S/C8H11NO4/c1-13-7(10)5-4-8(5)3-2-6(8)9(11)12/h5-6H,2-4H2,1H3. The Morgan fingerprint density at radius 1 is 1.69 bits per heavy atom. The molecule has 2 aliphatic carbocycles. The lowest BCUT2D eigenvalue weighted by molar-refractivity contribution is -0.552. The minimum atomic E-state index is -0.503. The zero-order valence-corrected chi connectivity index (χ0v) is 7.36. The number of ether oxygens (including phenoxy) is 1. The molecule has 2 fully saturated rings. The van der Waals surface area contributed by atoms with Crippen molar-refractivity contribution in [3.05, 3.63) is 10.1 Å². The Bertz CT molecular complexity index is 277. The Labute approximate surface area is 75.2 Å². The first-order valence-electron chi connectivity index (χ1n) is 4.33. The molecule has 13 heavy (non-hydrogen) atoms. The summed E-state index contributed by atoms with van der Waals surface area (Å²) in [5, 5.41) is 10.5. The van der Waals surface area contributed by atoms with E-state index in [1.165, 1.54) is 7.11 Å². The molecule has 72 valence electrons. The Morgan fingerprint density at radius 3 is 2.77 bits per heavy atom. The molecule has 3 atom stereocenters. The van der Waals surface area contributed by atoms with Crippen molar-refractivity contribution >= 4 is 5.97 Å². The summed E-state index contributed by atoms with van der Waals surface area (Å²) in [4.78, 5) is 21.4. The summed E-state index contributed by atoms with van der Waals surface area (Å²) in [6.07, 6.45) is 2.06. The highest BCUT2D eigenvalue weighted by molar-refractivity contribution is 5.77. The number of carbonyl (C=O) groups excluding carboxylic acids is 1. The van der Waals surface area contributed by atoms with Gasteiger partial charge in [0.2, 0.25) is 6.04 Å². The van der Waals surface area contributed by atoms with Gasteiger partial charge in [0.25, 0.3) is 0 Å². The van der Waals surface area contributed by atoms with Crippen molar-refractivity contribution in [2.24, 2.45) is 11.3 Å². The average Bonchev–Trinajstić information content (AvgIpc) is 2.76. The lowest BCUT2D eigenvalue weighted by Crippen LogP contribution is -2.42. The average molecular weight is 185 g/mol. The first-order chi connectivity index (χ1) is 6.12. The van der Waals surface area contributed by atoms with Crippen molar-refractivity contribution in [1.29, 1.82) is 0 Å². The van der Waals surface area contributed by atoms with Crippen LogP contribution in [0, 0.1) is 21.4 Å². The molecule has 0 amide bonds. The van der Waals surface area contributed by atoms with E-state index in [-0.39, 0.29) is 22.2 Å². The molecule has 5 nitrogen and oxygen atoms in total. The summed E-state index contributed by atoms with van der Waals surface area (Å²) in [5.74, 6) is -0.492. The van der Waals surface area contributed by atoms with Crippen molar-refractivity contribution in [3.8, 4) is 0 Å². The van der Waals surface area contributed by atoms with Crippen LogP contribution in [-0.4, -0.2) is 24.0 Å². The second-order valence-electron chi connectivity index (χ2n) is 3.85. The van der Waals surface area contributed by atoms with E-state index in [0.717, 1.165) is 6.42 Å². The molecule has 0 saturated heterocycles. The topological polar surface area (TPSA) is 69.4 Å². The number of hydrogen-bond donors (Lipinski definition) is 0. The molecule has 0 radical (unpaired) electrons. The largest absolute Gasteiger partial charge is 0.469 e. The molecule has 0 heterocycles. The van der Waals surface area contributed by atoms with Gasteiger partial charge in [-0.05, 0) is 12.8 Å². The number of carbonyl (C=O) groups is 1. The molecule has 1 spiro atoms. The van der Waals surface area contributed by atoms with Crippen molar-refractivity contribution < 1.29 is 14.5 Å². The predicted octanol–water partition coefficient (Wildman–Crippen LogP) is 0.605. The lowest BCUT2D eigenvalue weighted by Gasteiger charge is -2.30. The normalized spacial score (nSPS) is 41.0. The van der Waals surface area contributed by atoms with Gasteiger partial charge in [-0.1, -0.05) is 0 Å². The van der Waals surface area contributed by atoms with Crippen LogP contribution in [0.15, 0.2) is 0 Å². The first kappa shape index (κ1) is 8.47. The van der Waals surface area contributed by atoms with Crippen molar-refractivity contribution in [2.75, 3.05) is 7.11 Å². The molecule has 0 aromatic carbocycles. The van der Waals surface area contributed by atoms with E-state index >= 15 is 0 Å². The lowest BCUT2D eigenvalue weighted by atomic mass is 9.74. The molecule has 0 aromatic rings. The first-order valence-corrected chi connectivity index (χ1v) is 4.33. The van der Waals surface area contributed by atoms with E-state index in [0.29, 0.717) is 12.8 Å². The van der Waals surface area contributed by atoms with Crippen LogP contribution >= 0.6 is 0 Å². The van der Waals surface area contributed by atoms with Gasteiger partial charge in [0.15, 0.2) is 0 Å². The van der Waals surface area contributed by atoms with Gasteiger partial charge in [-0.25, -0.2) is 0 Å². The highest BCUT2D eigenvalue weighted by Crippen LogP contribution is 2.66. The fraction of sp³-hybridized carbons (Fsp3) is 0.875. The third kappa shape index (κ3) is 0.959. The smallest absolute Gasteiger partial charge is 0.309 e. The maximum Gasteiger partial charge on any atom is 0.309 e. The van der Waals surface area contributed by atoms with E-state index in [1.54, 1.807) is 0 Å². The molecule has 2 saturated carbocycles. The highest BCUT2D eigenvalue weighted by atomic mass is 16.6. The number of esters is 1. The van der Waals surface area contributed by atoms with E-state index in [1.807, 2.05) is 0 Å². The molecule has 0 aliphatic heterocycles. The van der Waals surface area contributed by atoms with Crippen LogP contribution in [0.4, 0.5) is 0 Å². The summed E-state index contributed by atoms with van der Waals surface area (Å²) in [7, 11) is 1.33. The van der Waals surface area contributed by atoms with Crippen LogP contribution in [0.25, 0.3) is 0 Å². The van der Waals surface area contributed by atoms with Gasteiger partial charge >= 0.3 is 5.97 Å². The summed E-state index contributed by atoms with van der Waals surface area (Å²) < 4.78 is 4.57.